The second kappa shape index (κ2) is 6.35. The molecule has 96 valence electrons. The fourth-order valence-electron chi connectivity index (χ4n) is 1.74. The summed E-state index contributed by atoms with van der Waals surface area (Å²) in [6.07, 6.45) is 7.02. The molecule has 2 aromatic heterocycles. The molecule has 2 aromatic rings. The van der Waals surface area contributed by atoms with E-state index in [1.807, 2.05) is 23.9 Å². The third-order valence-corrected chi connectivity index (χ3v) is 2.99. The molecule has 0 fully saturated rings. The number of hydrogen-bond donors (Lipinski definition) is 1. The summed E-state index contributed by atoms with van der Waals surface area (Å²) in [5.74, 6) is 0.831. The van der Waals surface area contributed by atoms with Crippen LogP contribution >= 0.6 is 11.6 Å². The van der Waals surface area contributed by atoms with Gasteiger partial charge in [0.25, 0.3) is 0 Å². The molecule has 0 aliphatic heterocycles. The lowest BCUT2D eigenvalue weighted by Gasteiger charge is -2.10. The van der Waals surface area contributed by atoms with Gasteiger partial charge >= 0.3 is 0 Å². The summed E-state index contributed by atoms with van der Waals surface area (Å²) in [6, 6.07) is 1.92. The minimum atomic E-state index is 0.530. The molecule has 0 bridgehead atoms. The Bertz CT molecular complexity index is 483. The Hall–Kier alpha value is -1.62. The zero-order chi connectivity index (χ0) is 12.8. The maximum Gasteiger partial charge on any atom is 0.137 e. The van der Waals surface area contributed by atoms with Gasteiger partial charge in [0.1, 0.15) is 17.3 Å². The first-order valence-electron chi connectivity index (χ1n) is 6.02. The maximum absolute atomic E-state index is 6.02. The van der Waals surface area contributed by atoms with Crippen molar-refractivity contribution in [1.82, 2.24) is 19.7 Å². The number of halogens is 1. The molecule has 0 aliphatic rings. The van der Waals surface area contributed by atoms with Gasteiger partial charge in [0.2, 0.25) is 0 Å². The zero-order valence-corrected chi connectivity index (χ0v) is 11.1. The standard InChI is InChI=1S/C12H16ClN5/c1-2-10-11(13)15-9-16-12(10)14-5-3-7-18-8-4-6-17-18/h4,6,8-9H,2-3,5,7H2,1H3,(H,14,15,16). The summed E-state index contributed by atoms with van der Waals surface area (Å²) in [4.78, 5) is 8.20. The van der Waals surface area contributed by atoms with Gasteiger partial charge in [0.05, 0.1) is 0 Å². The first-order valence-corrected chi connectivity index (χ1v) is 6.39. The Kier molecular flexibility index (Phi) is 4.52. The average molecular weight is 266 g/mol. The summed E-state index contributed by atoms with van der Waals surface area (Å²) in [7, 11) is 0. The van der Waals surface area contributed by atoms with Gasteiger partial charge in [0.15, 0.2) is 0 Å². The normalized spacial score (nSPS) is 10.6. The molecule has 2 heterocycles. The van der Waals surface area contributed by atoms with Crippen molar-refractivity contribution in [2.24, 2.45) is 0 Å². The van der Waals surface area contributed by atoms with E-state index in [0.29, 0.717) is 5.15 Å². The first-order chi connectivity index (χ1) is 8.81. The number of aromatic nitrogens is 4. The van der Waals surface area contributed by atoms with Crippen LogP contribution in [0.1, 0.15) is 18.9 Å². The minimum Gasteiger partial charge on any atom is -0.370 e. The number of hydrogen-bond acceptors (Lipinski definition) is 4. The van der Waals surface area contributed by atoms with Gasteiger partial charge < -0.3 is 5.32 Å². The third-order valence-electron chi connectivity index (χ3n) is 2.66. The number of rotatable bonds is 6. The Labute approximate surface area is 111 Å². The highest BCUT2D eigenvalue weighted by Crippen LogP contribution is 2.19. The summed E-state index contributed by atoms with van der Waals surface area (Å²) in [5, 5.41) is 7.97. The molecule has 2 rings (SSSR count). The molecule has 0 aromatic carbocycles. The van der Waals surface area contributed by atoms with E-state index in [0.717, 1.165) is 37.3 Å². The molecule has 6 heteroatoms. The average Bonchev–Trinajstić information content (AvgIpc) is 2.88. The lowest BCUT2D eigenvalue weighted by atomic mass is 10.2. The molecule has 0 atom stereocenters. The van der Waals surface area contributed by atoms with Crippen LogP contribution in [-0.2, 0) is 13.0 Å². The van der Waals surface area contributed by atoms with Crippen LogP contribution in [0.3, 0.4) is 0 Å². The fourth-order valence-corrected chi connectivity index (χ4v) is 2.00. The predicted octanol–water partition coefficient (Wildman–Crippen LogP) is 2.39. The van der Waals surface area contributed by atoms with Crippen molar-refractivity contribution in [3.05, 3.63) is 35.5 Å². The number of anilines is 1. The molecular formula is C12H16ClN5. The van der Waals surface area contributed by atoms with Crippen molar-refractivity contribution in [1.29, 1.82) is 0 Å². The minimum absolute atomic E-state index is 0.530. The molecule has 0 radical (unpaired) electrons. The molecule has 0 unspecified atom stereocenters. The summed E-state index contributed by atoms with van der Waals surface area (Å²) < 4.78 is 1.91. The SMILES string of the molecule is CCc1c(Cl)ncnc1NCCCn1cccn1. The second-order valence-electron chi connectivity index (χ2n) is 3.89. The van der Waals surface area contributed by atoms with Crippen LogP contribution in [0.25, 0.3) is 0 Å². The highest BCUT2D eigenvalue weighted by atomic mass is 35.5. The number of aryl methyl sites for hydroxylation is 1. The quantitative estimate of drug-likeness (QED) is 0.644. The number of nitrogens with zero attached hydrogens (tertiary/aromatic N) is 4. The second-order valence-corrected chi connectivity index (χ2v) is 4.25. The smallest absolute Gasteiger partial charge is 0.137 e. The van der Waals surface area contributed by atoms with Crippen molar-refractivity contribution in [2.45, 2.75) is 26.3 Å². The molecule has 1 N–H and O–H groups in total. The lowest BCUT2D eigenvalue weighted by molar-refractivity contribution is 0.591. The van der Waals surface area contributed by atoms with Gasteiger partial charge in [-0.15, -0.1) is 0 Å². The fraction of sp³-hybridized carbons (Fsp3) is 0.417. The topological polar surface area (TPSA) is 55.6 Å². The van der Waals surface area contributed by atoms with Crippen LogP contribution in [-0.4, -0.2) is 26.3 Å². The predicted molar refractivity (Wildman–Crippen MR) is 71.8 cm³/mol. The van der Waals surface area contributed by atoms with Crippen LogP contribution < -0.4 is 5.32 Å². The van der Waals surface area contributed by atoms with Crippen LogP contribution in [0.15, 0.2) is 24.8 Å². The van der Waals surface area contributed by atoms with Crippen LogP contribution in [0, 0.1) is 0 Å². The van der Waals surface area contributed by atoms with E-state index in [1.54, 1.807) is 6.20 Å². The highest BCUT2D eigenvalue weighted by molar-refractivity contribution is 6.30. The highest BCUT2D eigenvalue weighted by Gasteiger charge is 2.06. The Morgan fingerprint density at radius 1 is 1.39 bits per heavy atom. The molecule has 5 nitrogen and oxygen atoms in total. The van der Waals surface area contributed by atoms with E-state index in [4.69, 9.17) is 11.6 Å². The van der Waals surface area contributed by atoms with Crippen molar-refractivity contribution in [2.75, 3.05) is 11.9 Å². The zero-order valence-electron chi connectivity index (χ0n) is 10.3. The molecule has 0 saturated carbocycles. The van der Waals surface area contributed by atoms with Crippen LogP contribution in [0.5, 0.6) is 0 Å². The molecule has 0 amide bonds. The van der Waals surface area contributed by atoms with E-state index >= 15 is 0 Å². The Morgan fingerprint density at radius 2 is 2.28 bits per heavy atom. The van der Waals surface area contributed by atoms with Gasteiger partial charge in [-0.25, -0.2) is 9.97 Å². The number of nitrogens with one attached hydrogen (secondary N) is 1. The van der Waals surface area contributed by atoms with Gasteiger partial charge in [-0.3, -0.25) is 4.68 Å². The van der Waals surface area contributed by atoms with E-state index in [-0.39, 0.29) is 0 Å². The van der Waals surface area contributed by atoms with Crippen LogP contribution in [0.2, 0.25) is 5.15 Å². The molecule has 18 heavy (non-hydrogen) atoms. The van der Waals surface area contributed by atoms with E-state index < -0.39 is 0 Å². The van der Waals surface area contributed by atoms with Gasteiger partial charge in [-0.1, -0.05) is 18.5 Å². The molecular weight excluding hydrogens is 250 g/mol. The largest absolute Gasteiger partial charge is 0.370 e. The Balaban J connectivity index is 1.85. The van der Waals surface area contributed by atoms with Crippen molar-refractivity contribution in [3.8, 4) is 0 Å². The third kappa shape index (κ3) is 3.20. The van der Waals surface area contributed by atoms with Gasteiger partial charge in [-0.05, 0) is 18.9 Å². The van der Waals surface area contributed by atoms with Crippen molar-refractivity contribution in [3.63, 3.8) is 0 Å². The molecule has 0 saturated heterocycles. The van der Waals surface area contributed by atoms with Crippen LogP contribution in [0.4, 0.5) is 5.82 Å². The monoisotopic (exact) mass is 265 g/mol. The Morgan fingerprint density at radius 3 is 3.00 bits per heavy atom. The molecule has 0 aliphatic carbocycles. The van der Waals surface area contributed by atoms with E-state index in [1.165, 1.54) is 6.33 Å². The summed E-state index contributed by atoms with van der Waals surface area (Å²) in [6.45, 7) is 3.76. The first kappa shape index (κ1) is 12.8. The summed E-state index contributed by atoms with van der Waals surface area (Å²) >= 11 is 6.02. The van der Waals surface area contributed by atoms with Gasteiger partial charge in [0, 0.05) is 31.0 Å². The van der Waals surface area contributed by atoms with Gasteiger partial charge in [-0.2, -0.15) is 5.10 Å². The van der Waals surface area contributed by atoms with Crippen molar-refractivity contribution >= 4 is 17.4 Å². The van der Waals surface area contributed by atoms with Crippen molar-refractivity contribution < 1.29 is 0 Å². The molecule has 0 spiro atoms. The lowest BCUT2D eigenvalue weighted by Crippen LogP contribution is -2.10. The maximum atomic E-state index is 6.02. The summed E-state index contributed by atoms with van der Waals surface area (Å²) in [5.41, 5.74) is 0.971. The van der Waals surface area contributed by atoms with E-state index in [2.05, 4.69) is 20.4 Å². The van der Waals surface area contributed by atoms with E-state index in [9.17, 15) is 0 Å².